The van der Waals surface area contributed by atoms with Crippen LogP contribution in [-0.4, -0.2) is 16.9 Å². The molecule has 0 fully saturated rings. The van der Waals surface area contributed by atoms with E-state index in [0.717, 1.165) is 17.0 Å². The van der Waals surface area contributed by atoms with Crippen LogP contribution in [0.5, 0.6) is 5.75 Å². The van der Waals surface area contributed by atoms with E-state index in [2.05, 4.69) is 10.5 Å². The lowest BCUT2D eigenvalue weighted by molar-refractivity contribution is 0.386. The van der Waals surface area contributed by atoms with E-state index in [4.69, 9.17) is 10.6 Å². The number of ether oxygens (including phenoxy) is 1. The number of methoxy groups -OCH3 is 1. The fraction of sp³-hybridized carbons (Fsp3) is 0.357. The molecule has 0 radical (unpaired) electrons. The fourth-order valence-corrected chi connectivity index (χ4v) is 2.28. The van der Waals surface area contributed by atoms with Crippen LogP contribution >= 0.6 is 0 Å². The first kappa shape index (κ1) is 14.5. The highest BCUT2D eigenvalue weighted by Crippen LogP contribution is 2.22. The van der Waals surface area contributed by atoms with Crippen molar-refractivity contribution in [2.24, 2.45) is 12.9 Å². The van der Waals surface area contributed by atoms with E-state index in [9.17, 15) is 4.39 Å². The summed E-state index contributed by atoms with van der Waals surface area (Å²) in [6, 6.07) is 6.74. The summed E-state index contributed by atoms with van der Waals surface area (Å²) in [7, 11) is 3.31. The van der Waals surface area contributed by atoms with Gasteiger partial charge < -0.3 is 4.74 Å². The van der Waals surface area contributed by atoms with Crippen LogP contribution in [0.3, 0.4) is 0 Å². The highest BCUT2D eigenvalue weighted by atomic mass is 19.1. The molecule has 0 aliphatic rings. The maximum atomic E-state index is 13.7. The van der Waals surface area contributed by atoms with Crippen LogP contribution in [-0.2, 0) is 13.5 Å². The molecule has 6 heteroatoms. The van der Waals surface area contributed by atoms with Gasteiger partial charge in [0.25, 0.3) is 0 Å². The zero-order valence-corrected chi connectivity index (χ0v) is 11.9. The minimum Gasteiger partial charge on any atom is -0.494 e. The van der Waals surface area contributed by atoms with E-state index in [-0.39, 0.29) is 17.6 Å². The quantitative estimate of drug-likeness (QED) is 0.644. The maximum absolute atomic E-state index is 13.7. The molecular weight excluding hydrogens is 259 g/mol. The lowest BCUT2D eigenvalue weighted by Crippen LogP contribution is -2.31. The molecule has 2 rings (SSSR count). The summed E-state index contributed by atoms with van der Waals surface area (Å²) in [5.41, 5.74) is 5.47. The Balaban J connectivity index is 2.22. The van der Waals surface area contributed by atoms with Crippen LogP contribution in [0.2, 0.25) is 0 Å². The third-order valence-electron chi connectivity index (χ3n) is 3.25. The average molecular weight is 278 g/mol. The van der Waals surface area contributed by atoms with Gasteiger partial charge in [0, 0.05) is 7.05 Å². The number of benzene rings is 1. The van der Waals surface area contributed by atoms with E-state index >= 15 is 0 Å². The van der Waals surface area contributed by atoms with Crippen molar-refractivity contribution in [1.82, 2.24) is 15.2 Å². The first-order valence-corrected chi connectivity index (χ1v) is 6.34. The molecule has 1 unspecified atom stereocenters. The van der Waals surface area contributed by atoms with Gasteiger partial charge in [-0.25, -0.2) is 4.39 Å². The van der Waals surface area contributed by atoms with Crippen molar-refractivity contribution >= 4 is 0 Å². The molecule has 0 aliphatic heterocycles. The second kappa shape index (κ2) is 6.02. The van der Waals surface area contributed by atoms with Crippen LogP contribution in [0.1, 0.15) is 23.0 Å². The molecular formula is C14H19FN4O. The van der Waals surface area contributed by atoms with Gasteiger partial charge >= 0.3 is 0 Å². The third-order valence-corrected chi connectivity index (χ3v) is 3.25. The zero-order valence-electron chi connectivity index (χ0n) is 11.9. The molecule has 0 amide bonds. The highest BCUT2D eigenvalue weighted by Gasteiger charge is 2.16. The number of nitrogens with two attached hydrogens (primary N) is 1. The van der Waals surface area contributed by atoms with Crippen molar-refractivity contribution in [3.05, 3.63) is 47.0 Å². The normalized spacial score (nSPS) is 12.4. The van der Waals surface area contributed by atoms with Crippen LogP contribution in [0.4, 0.5) is 4.39 Å². The van der Waals surface area contributed by atoms with E-state index in [1.54, 1.807) is 10.7 Å². The standard InChI is InChI=1S/C14H19FN4O/c1-9-6-13(19(2)18-9)12(17-16)8-10-4-5-14(20-3)11(15)7-10/h4-7,12,17H,8,16H2,1-3H3. The monoisotopic (exact) mass is 278 g/mol. The first-order chi connectivity index (χ1) is 9.55. The predicted octanol–water partition coefficient (Wildman–Crippen LogP) is 1.62. The third kappa shape index (κ3) is 2.97. The number of aryl methyl sites for hydroxylation is 2. The largest absolute Gasteiger partial charge is 0.494 e. The molecule has 1 heterocycles. The topological polar surface area (TPSA) is 65.1 Å². The van der Waals surface area contributed by atoms with Gasteiger partial charge in [-0.15, -0.1) is 0 Å². The molecule has 0 spiro atoms. The second-order valence-electron chi connectivity index (χ2n) is 4.73. The minimum absolute atomic E-state index is 0.131. The molecule has 5 nitrogen and oxygen atoms in total. The Morgan fingerprint density at radius 2 is 2.20 bits per heavy atom. The molecule has 0 saturated heterocycles. The van der Waals surface area contributed by atoms with Crippen LogP contribution < -0.4 is 16.0 Å². The van der Waals surface area contributed by atoms with Crippen LogP contribution in [0.25, 0.3) is 0 Å². The summed E-state index contributed by atoms with van der Waals surface area (Å²) in [6.45, 7) is 1.92. The number of hydrazine groups is 1. The van der Waals surface area contributed by atoms with Crippen LogP contribution in [0, 0.1) is 12.7 Å². The molecule has 1 atom stereocenters. The number of nitrogens with one attached hydrogen (secondary N) is 1. The van der Waals surface area contributed by atoms with Gasteiger partial charge in [0.05, 0.1) is 24.5 Å². The van der Waals surface area contributed by atoms with Gasteiger partial charge in [0.15, 0.2) is 11.6 Å². The Morgan fingerprint density at radius 3 is 2.70 bits per heavy atom. The Bertz CT molecular complexity index is 597. The van der Waals surface area contributed by atoms with E-state index in [1.807, 2.05) is 26.1 Å². The molecule has 2 aromatic rings. The fourth-order valence-electron chi connectivity index (χ4n) is 2.28. The Labute approximate surface area is 117 Å². The van der Waals surface area contributed by atoms with Gasteiger partial charge in [-0.1, -0.05) is 6.07 Å². The highest BCUT2D eigenvalue weighted by molar-refractivity contribution is 5.30. The van der Waals surface area contributed by atoms with Crippen molar-refractivity contribution in [2.75, 3.05) is 7.11 Å². The van der Waals surface area contributed by atoms with Gasteiger partial charge in [-0.2, -0.15) is 5.10 Å². The van der Waals surface area contributed by atoms with Crippen molar-refractivity contribution in [2.45, 2.75) is 19.4 Å². The summed E-state index contributed by atoms with van der Waals surface area (Å²) >= 11 is 0. The molecule has 20 heavy (non-hydrogen) atoms. The number of aromatic nitrogens is 2. The number of nitrogens with zero attached hydrogens (tertiary/aromatic N) is 2. The van der Waals surface area contributed by atoms with Crippen LogP contribution in [0.15, 0.2) is 24.3 Å². The molecule has 0 saturated carbocycles. The predicted molar refractivity (Wildman–Crippen MR) is 74.7 cm³/mol. The molecule has 108 valence electrons. The smallest absolute Gasteiger partial charge is 0.165 e. The van der Waals surface area contributed by atoms with E-state index in [1.165, 1.54) is 13.2 Å². The average Bonchev–Trinajstić information content (AvgIpc) is 2.75. The summed E-state index contributed by atoms with van der Waals surface area (Å²) < 4.78 is 20.4. The van der Waals surface area contributed by atoms with Gasteiger partial charge in [0.1, 0.15) is 0 Å². The molecule has 1 aromatic heterocycles. The van der Waals surface area contributed by atoms with Gasteiger partial charge in [-0.05, 0) is 37.1 Å². The van der Waals surface area contributed by atoms with E-state index in [0.29, 0.717) is 6.42 Å². The van der Waals surface area contributed by atoms with Crippen molar-refractivity contribution in [3.63, 3.8) is 0 Å². The lowest BCUT2D eigenvalue weighted by Gasteiger charge is -2.16. The molecule has 3 N–H and O–H groups in total. The second-order valence-corrected chi connectivity index (χ2v) is 4.73. The van der Waals surface area contributed by atoms with Crippen molar-refractivity contribution in [1.29, 1.82) is 0 Å². The maximum Gasteiger partial charge on any atom is 0.165 e. The van der Waals surface area contributed by atoms with Gasteiger partial charge in [0.2, 0.25) is 0 Å². The van der Waals surface area contributed by atoms with Crippen molar-refractivity contribution < 1.29 is 9.13 Å². The first-order valence-electron chi connectivity index (χ1n) is 6.34. The minimum atomic E-state index is -0.373. The number of hydrogen-bond donors (Lipinski definition) is 2. The Hall–Kier alpha value is -1.92. The molecule has 0 aliphatic carbocycles. The number of halogens is 1. The van der Waals surface area contributed by atoms with Gasteiger partial charge in [-0.3, -0.25) is 16.0 Å². The van der Waals surface area contributed by atoms with Crippen molar-refractivity contribution in [3.8, 4) is 5.75 Å². The number of rotatable bonds is 5. The lowest BCUT2D eigenvalue weighted by atomic mass is 10.0. The summed E-state index contributed by atoms with van der Waals surface area (Å²) in [4.78, 5) is 0. The molecule has 1 aromatic carbocycles. The summed E-state index contributed by atoms with van der Waals surface area (Å²) in [5, 5.41) is 4.29. The Kier molecular flexibility index (Phi) is 4.36. The SMILES string of the molecule is COc1ccc(CC(NN)c2cc(C)nn2C)cc1F. The van der Waals surface area contributed by atoms with E-state index < -0.39 is 0 Å². The summed E-state index contributed by atoms with van der Waals surface area (Å²) in [6.07, 6.45) is 0.566. The molecule has 0 bridgehead atoms. The summed E-state index contributed by atoms with van der Waals surface area (Å²) in [5.74, 6) is 5.48. The number of hydrogen-bond acceptors (Lipinski definition) is 4. The zero-order chi connectivity index (χ0) is 14.7. The Morgan fingerprint density at radius 1 is 1.45 bits per heavy atom.